The molecule has 0 saturated carbocycles. The molecule has 1 N–H and O–H groups in total. The highest BCUT2D eigenvalue weighted by atomic mass is 32.2. The number of hydrogen-bond acceptors (Lipinski definition) is 4. The minimum atomic E-state index is -3.62. The van der Waals surface area contributed by atoms with Crippen LogP contribution < -0.4 is 5.32 Å². The quantitative estimate of drug-likeness (QED) is 0.755. The molecule has 1 aliphatic heterocycles. The molecule has 1 aromatic carbocycles. The third kappa shape index (κ3) is 4.75. The third-order valence-electron chi connectivity index (χ3n) is 5.81. The Hall–Kier alpha value is -2.19. The minimum Gasteiger partial charge on any atom is -0.324 e. The summed E-state index contributed by atoms with van der Waals surface area (Å²) >= 11 is 0. The van der Waals surface area contributed by atoms with E-state index in [1.807, 2.05) is 24.3 Å². The summed E-state index contributed by atoms with van der Waals surface area (Å²) in [6.45, 7) is 10.8. The summed E-state index contributed by atoms with van der Waals surface area (Å²) in [5.41, 5.74) is 2.84. The van der Waals surface area contributed by atoms with E-state index >= 15 is 0 Å². The molecule has 0 unspecified atom stereocenters. The van der Waals surface area contributed by atoms with E-state index in [4.69, 9.17) is 0 Å². The number of piperidine rings is 1. The van der Waals surface area contributed by atoms with E-state index in [0.717, 1.165) is 12.8 Å². The molecule has 1 aromatic heterocycles. The van der Waals surface area contributed by atoms with E-state index in [1.54, 1.807) is 18.2 Å². The Morgan fingerprint density at radius 1 is 1.17 bits per heavy atom. The molecular weight excluding hydrogens is 400 g/mol. The highest BCUT2D eigenvalue weighted by molar-refractivity contribution is 7.89. The number of rotatable bonds is 6. The zero-order valence-corrected chi connectivity index (χ0v) is 19.3. The molecule has 0 atom stereocenters. The van der Waals surface area contributed by atoms with Gasteiger partial charge in [0, 0.05) is 18.8 Å². The van der Waals surface area contributed by atoms with Gasteiger partial charge in [-0.2, -0.15) is 9.40 Å². The van der Waals surface area contributed by atoms with Gasteiger partial charge in [0.05, 0.1) is 11.4 Å². The van der Waals surface area contributed by atoms with Gasteiger partial charge in [0.15, 0.2) is 0 Å². The van der Waals surface area contributed by atoms with Gasteiger partial charge >= 0.3 is 0 Å². The van der Waals surface area contributed by atoms with Gasteiger partial charge < -0.3 is 5.32 Å². The van der Waals surface area contributed by atoms with Crippen LogP contribution in [-0.2, 0) is 21.4 Å². The average molecular weight is 433 g/mol. The normalized spacial score (nSPS) is 16.2. The van der Waals surface area contributed by atoms with Crippen LogP contribution in [0, 0.1) is 19.8 Å². The molecule has 3 rings (SSSR count). The summed E-state index contributed by atoms with van der Waals surface area (Å²) in [5.74, 6) is 0.723. The van der Waals surface area contributed by atoms with Crippen LogP contribution in [0.25, 0.3) is 0 Å². The van der Waals surface area contributed by atoms with Crippen LogP contribution in [0.5, 0.6) is 0 Å². The van der Waals surface area contributed by atoms with Gasteiger partial charge in [0.1, 0.15) is 11.4 Å². The van der Waals surface area contributed by atoms with E-state index in [9.17, 15) is 13.2 Å². The Bertz CT molecular complexity index is 1000. The maximum absolute atomic E-state index is 13.2. The minimum absolute atomic E-state index is 0.0365. The maximum Gasteiger partial charge on any atom is 0.246 e. The van der Waals surface area contributed by atoms with Crippen LogP contribution in [0.2, 0.25) is 0 Å². The molecule has 1 aliphatic rings. The van der Waals surface area contributed by atoms with Crippen molar-refractivity contribution in [2.24, 2.45) is 5.92 Å². The number of carbonyl (C=O) groups excluding carboxylic acids is 1. The average Bonchev–Trinajstić information content (AvgIpc) is 2.96. The van der Waals surface area contributed by atoms with E-state index in [1.165, 1.54) is 10.2 Å². The molecule has 1 amide bonds. The summed E-state index contributed by atoms with van der Waals surface area (Å²) < 4.78 is 29.4. The van der Waals surface area contributed by atoms with Crippen LogP contribution in [0.1, 0.15) is 56.5 Å². The standard InChI is InChI=1S/C22H32N4O3S/c1-15(2)19-6-8-20(9-7-19)23-21(27)14-26-18(5)22(17(4)24-26)30(28,29)25-12-10-16(3)11-13-25/h6-9,15-16H,10-14H2,1-5H3,(H,23,27). The predicted molar refractivity (Wildman–Crippen MR) is 118 cm³/mol. The molecule has 0 aliphatic carbocycles. The van der Waals surface area contributed by atoms with Gasteiger partial charge in [0.25, 0.3) is 0 Å². The largest absolute Gasteiger partial charge is 0.324 e. The molecule has 30 heavy (non-hydrogen) atoms. The summed E-state index contributed by atoms with van der Waals surface area (Å²) in [4.78, 5) is 12.8. The number of anilines is 1. The first-order valence-electron chi connectivity index (χ1n) is 10.5. The number of aryl methyl sites for hydroxylation is 1. The monoisotopic (exact) mass is 432 g/mol. The number of nitrogens with one attached hydrogen (secondary N) is 1. The maximum atomic E-state index is 13.2. The van der Waals surface area contributed by atoms with Crippen molar-refractivity contribution >= 4 is 21.6 Å². The first kappa shape index (κ1) is 22.5. The summed E-state index contributed by atoms with van der Waals surface area (Å²) in [5, 5.41) is 7.21. The van der Waals surface area contributed by atoms with Gasteiger partial charge in [-0.3, -0.25) is 9.48 Å². The Kier molecular flexibility index (Phi) is 6.67. The van der Waals surface area contributed by atoms with Gasteiger partial charge in [-0.15, -0.1) is 0 Å². The molecule has 0 bridgehead atoms. The molecule has 0 radical (unpaired) electrons. The van der Waals surface area contributed by atoms with Gasteiger partial charge in [-0.05, 0) is 56.2 Å². The van der Waals surface area contributed by atoms with Crippen molar-refractivity contribution in [1.82, 2.24) is 14.1 Å². The lowest BCUT2D eigenvalue weighted by molar-refractivity contribution is -0.116. The fourth-order valence-electron chi connectivity index (χ4n) is 3.85. The molecule has 1 saturated heterocycles. The fourth-order valence-corrected chi connectivity index (χ4v) is 5.69. The highest BCUT2D eigenvalue weighted by Gasteiger charge is 2.33. The molecule has 1 fully saturated rings. The number of carbonyl (C=O) groups is 1. The van der Waals surface area contributed by atoms with Crippen molar-refractivity contribution in [3.05, 3.63) is 41.2 Å². The topological polar surface area (TPSA) is 84.3 Å². The van der Waals surface area contributed by atoms with Crippen LogP contribution in [0.15, 0.2) is 29.2 Å². The Labute approximate surface area is 179 Å². The van der Waals surface area contributed by atoms with Crippen molar-refractivity contribution in [2.75, 3.05) is 18.4 Å². The summed E-state index contributed by atoms with van der Waals surface area (Å²) in [7, 11) is -3.62. The van der Waals surface area contributed by atoms with E-state index in [0.29, 0.717) is 42.0 Å². The van der Waals surface area contributed by atoms with Crippen LogP contribution in [-0.4, -0.2) is 41.5 Å². The second kappa shape index (κ2) is 8.89. The highest BCUT2D eigenvalue weighted by Crippen LogP contribution is 2.27. The fraction of sp³-hybridized carbons (Fsp3) is 0.545. The van der Waals surface area contributed by atoms with Crippen LogP contribution in [0.3, 0.4) is 0 Å². The third-order valence-corrected chi connectivity index (χ3v) is 7.96. The lowest BCUT2D eigenvalue weighted by atomic mass is 10.0. The number of hydrogen-bond donors (Lipinski definition) is 1. The molecule has 164 valence electrons. The molecule has 8 heteroatoms. The predicted octanol–water partition coefficient (Wildman–Crippen LogP) is 3.68. The first-order chi connectivity index (χ1) is 14.1. The second-order valence-corrected chi connectivity index (χ2v) is 10.4. The van der Waals surface area contributed by atoms with E-state index < -0.39 is 10.0 Å². The van der Waals surface area contributed by atoms with Crippen molar-refractivity contribution in [3.8, 4) is 0 Å². The van der Waals surface area contributed by atoms with Crippen molar-refractivity contribution in [3.63, 3.8) is 0 Å². The zero-order chi connectivity index (χ0) is 22.1. The van der Waals surface area contributed by atoms with Gasteiger partial charge in [0.2, 0.25) is 15.9 Å². The molecule has 2 heterocycles. The molecule has 2 aromatic rings. The number of nitrogens with zero attached hydrogens (tertiary/aromatic N) is 3. The number of aromatic nitrogens is 2. The summed E-state index contributed by atoms with van der Waals surface area (Å²) in [6, 6.07) is 7.74. The van der Waals surface area contributed by atoms with Crippen LogP contribution in [0.4, 0.5) is 5.69 Å². The van der Waals surface area contributed by atoms with Gasteiger partial charge in [-0.1, -0.05) is 32.9 Å². The lowest BCUT2D eigenvalue weighted by Crippen LogP contribution is -2.38. The first-order valence-corrected chi connectivity index (χ1v) is 12.0. The van der Waals surface area contributed by atoms with Crippen molar-refractivity contribution in [1.29, 1.82) is 0 Å². The summed E-state index contributed by atoms with van der Waals surface area (Å²) in [6.07, 6.45) is 1.73. The number of benzene rings is 1. The Balaban J connectivity index is 1.74. The number of amides is 1. The smallest absolute Gasteiger partial charge is 0.246 e. The molecular formula is C22H32N4O3S. The van der Waals surface area contributed by atoms with E-state index in [-0.39, 0.29) is 17.3 Å². The van der Waals surface area contributed by atoms with E-state index in [2.05, 4.69) is 31.2 Å². The number of sulfonamides is 1. The van der Waals surface area contributed by atoms with Crippen LogP contribution >= 0.6 is 0 Å². The second-order valence-electron chi connectivity index (χ2n) is 8.57. The molecule has 7 nitrogen and oxygen atoms in total. The lowest BCUT2D eigenvalue weighted by Gasteiger charge is -2.29. The Morgan fingerprint density at radius 2 is 1.77 bits per heavy atom. The molecule has 0 spiro atoms. The Morgan fingerprint density at radius 3 is 2.33 bits per heavy atom. The van der Waals surface area contributed by atoms with Crippen molar-refractivity contribution < 1.29 is 13.2 Å². The van der Waals surface area contributed by atoms with Crippen molar-refractivity contribution in [2.45, 2.75) is 64.8 Å². The van der Waals surface area contributed by atoms with Gasteiger partial charge in [-0.25, -0.2) is 8.42 Å². The zero-order valence-electron chi connectivity index (χ0n) is 18.5. The SMILES string of the molecule is Cc1nn(CC(=O)Nc2ccc(C(C)C)cc2)c(C)c1S(=O)(=O)N1CCC(C)CC1.